The lowest BCUT2D eigenvalue weighted by Gasteiger charge is -2.23. The van der Waals surface area contributed by atoms with E-state index in [4.69, 9.17) is 14.2 Å². The van der Waals surface area contributed by atoms with Gasteiger partial charge in [-0.25, -0.2) is 9.37 Å². The zero-order chi connectivity index (χ0) is 18.6. The Bertz CT molecular complexity index is 922. The first kappa shape index (κ1) is 17.6. The molecule has 7 heteroatoms. The van der Waals surface area contributed by atoms with E-state index in [0.717, 1.165) is 49.3 Å². The van der Waals surface area contributed by atoms with Gasteiger partial charge in [-0.05, 0) is 30.9 Å². The average Bonchev–Trinajstić information content (AvgIpc) is 3.17. The molecule has 1 aromatic heterocycles. The fraction of sp³-hybridized carbons (Fsp3) is 0.350. The molecule has 0 atom stereocenters. The minimum absolute atomic E-state index is 0.144. The number of methoxy groups -OCH3 is 1. The molecule has 6 nitrogen and oxygen atoms in total. The van der Waals surface area contributed by atoms with Crippen LogP contribution in [-0.4, -0.2) is 36.8 Å². The van der Waals surface area contributed by atoms with Gasteiger partial charge in [0.15, 0.2) is 11.6 Å². The molecule has 2 N–H and O–H groups in total. The number of aromatic nitrogens is 2. The smallest absolute Gasteiger partial charge is 0.169 e. The van der Waals surface area contributed by atoms with Gasteiger partial charge in [-0.1, -0.05) is 0 Å². The van der Waals surface area contributed by atoms with Crippen molar-refractivity contribution >= 4 is 16.7 Å². The zero-order valence-electron chi connectivity index (χ0n) is 15.1. The Morgan fingerprint density at radius 1 is 1.22 bits per heavy atom. The number of hydrogen-bond donors (Lipinski definition) is 2. The van der Waals surface area contributed by atoms with Crippen molar-refractivity contribution in [3.05, 3.63) is 42.5 Å². The molecule has 1 aliphatic rings. The Labute approximate surface area is 156 Å². The van der Waals surface area contributed by atoms with Gasteiger partial charge < -0.3 is 24.5 Å². The summed E-state index contributed by atoms with van der Waals surface area (Å²) in [6, 6.07) is 8.18. The SMILES string of the molecule is COc1ccc(Oc2cc(NCC3CCOCC3)c3nc[nH]c3c2)c(F)c1. The molecule has 0 radical (unpaired) electrons. The average molecular weight is 371 g/mol. The number of ether oxygens (including phenoxy) is 3. The van der Waals surface area contributed by atoms with Crippen LogP contribution in [0, 0.1) is 11.7 Å². The van der Waals surface area contributed by atoms with Crippen LogP contribution in [0.15, 0.2) is 36.7 Å². The molecule has 0 saturated carbocycles. The molecule has 142 valence electrons. The highest BCUT2D eigenvalue weighted by Gasteiger charge is 2.15. The lowest BCUT2D eigenvalue weighted by Crippen LogP contribution is -2.22. The van der Waals surface area contributed by atoms with Gasteiger partial charge in [0, 0.05) is 38.0 Å². The number of nitrogens with one attached hydrogen (secondary N) is 2. The number of nitrogens with zero attached hydrogens (tertiary/aromatic N) is 1. The normalized spacial score (nSPS) is 15.0. The summed E-state index contributed by atoms with van der Waals surface area (Å²) >= 11 is 0. The molecule has 1 aliphatic heterocycles. The highest BCUT2D eigenvalue weighted by molar-refractivity contribution is 5.89. The summed E-state index contributed by atoms with van der Waals surface area (Å²) in [5.74, 6) is 1.21. The van der Waals surface area contributed by atoms with E-state index < -0.39 is 5.82 Å². The minimum atomic E-state index is -0.476. The summed E-state index contributed by atoms with van der Waals surface area (Å²) in [6.07, 6.45) is 3.73. The first-order valence-corrected chi connectivity index (χ1v) is 9.03. The van der Waals surface area contributed by atoms with Crippen molar-refractivity contribution in [1.82, 2.24) is 9.97 Å². The van der Waals surface area contributed by atoms with Gasteiger partial charge in [0.25, 0.3) is 0 Å². The highest BCUT2D eigenvalue weighted by Crippen LogP contribution is 2.33. The van der Waals surface area contributed by atoms with Crippen LogP contribution in [0.3, 0.4) is 0 Å². The highest BCUT2D eigenvalue weighted by atomic mass is 19.1. The van der Waals surface area contributed by atoms with Crippen LogP contribution in [0.4, 0.5) is 10.1 Å². The first-order chi connectivity index (χ1) is 13.2. The van der Waals surface area contributed by atoms with Gasteiger partial charge in [-0.3, -0.25) is 0 Å². The third-order valence-electron chi connectivity index (χ3n) is 4.79. The Hall–Kier alpha value is -2.80. The van der Waals surface area contributed by atoms with Crippen LogP contribution in [0.25, 0.3) is 11.0 Å². The van der Waals surface area contributed by atoms with Crippen molar-refractivity contribution in [3.63, 3.8) is 0 Å². The summed E-state index contributed by atoms with van der Waals surface area (Å²) in [5, 5.41) is 3.47. The van der Waals surface area contributed by atoms with Crippen molar-refractivity contribution in [3.8, 4) is 17.2 Å². The number of halogens is 1. The molecule has 0 amide bonds. The molecular weight excluding hydrogens is 349 g/mol. The topological polar surface area (TPSA) is 68.4 Å². The number of fused-ring (bicyclic) bond motifs is 1. The maximum Gasteiger partial charge on any atom is 0.169 e. The maximum absolute atomic E-state index is 14.2. The predicted molar refractivity (Wildman–Crippen MR) is 101 cm³/mol. The molecule has 0 bridgehead atoms. The third kappa shape index (κ3) is 3.98. The van der Waals surface area contributed by atoms with Crippen molar-refractivity contribution in [2.24, 2.45) is 5.92 Å². The number of rotatable bonds is 6. The van der Waals surface area contributed by atoms with Gasteiger partial charge in [0.2, 0.25) is 0 Å². The molecule has 1 saturated heterocycles. The molecular formula is C20H22FN3O3. The summed E-state index contributed by atoms with van der Waals surface area (Å²) in [4.78, 5) is 7.47. The second-order valence-corrected chi connectivity index (χ2v) is 6.60. The summed E-state index contributed by atoms with van der Waals surface area (Å²) < 4.78 is 30.4. The second-order valence-electron chi connectivity index (χ2n) is 6.60. The fourth-order valence-corrected chi connectivity index (χ4v) is 3.24. The Kier molecular flexibility index (Phi) is 5.11. The van der Waals surface area contributed by atoms with Gasteiger partial charge in [-0.2, -0.15) is 0 Å². The molecule has 1 fully saturated rings. The van der Waals surface area contributed by atoms with E-state index in [1.54, 1.807) is 18.5 Å². The van der Waals surface area contributed by atoms with Crippen LogP contribution in [-0.2, 0) is 4.74 Å². The molecule has 2 aromatic carbocycles. The van der Waals surface area contributed by atoms with Gasteiger partial charge in [0.05, 0.1) is 24.6 Å². The molecule has 4 rings (SSSR count). The maximum atomic E-state index is 14.2. The lowest BCUT2D eigenvalue weighted by molar-refractivity contribution is 0.0699. The number of aromatic amines is 1. The lowest BCUT2D eigenvalue weighted by atomic mass is 10.0. The fourth-order valence-electron chi connectivity index (χ4n) is 3.24. The number of H-pyrrole nitrogens is 1. The van der Waals surface area contributed by atoms with E-state index in [-0.39, 0.29) is 5.75 Å². The largest absolute Gasteiger partial charge is 0.497 e. The minimum Gasteiger partial charge on any atom is -0.497 e. The molecule has 2 heterocycles. The van der Waals surface area contributed by atoms with E-state index >= 15 is 0 Å². The van der Waals surface area contributed by atoms with Crippen molar-refractivity contribution in [2.75, 3.05) is 32.2 Å². The number of hydrogen-bond acceptors (Lipinski definition) is 5. The van der Waals surface area contributed by atoms with E-state index in [1.807, 2.05) is 12.1 Å². The second kappa shape index (κ2) is 7.84. The van der Waals surface area contributed by atoms with Crippen molar-refractivity contribution < 1.29 is 18.6 Å². The van der Waals surface area contributed by atoms with Crippen LogP contribution >= 0.6 is 0 Å². The monoisotopic (exact) mass is 371 g/mol. The Morgan fingerprint density at radius 2 is 2.07 bits per heavy atom. The molecule has 0 aliphatic carbocycles. The van der Waals surface area contributed by atoms with Gasteiger partial charge in [-0.15, -0.1) is 0 Å². The van der Waals surface area contributed by atoms with Crippen LogP contribution in [0.1, 0.15) is 12.8 Å². The van der Waals surface area contributed by atoms with E-state index in [0.29, 0.717) is 17.4 Å². The summed E-state index contributed by atoms with van der Waals surface area (Å²) in [7, 11) is 1.50. The van der Waals surface area contributed by atoms with E-state index in [9.17, 15) is 4.39 Å². The first-order valence-electron chi connectivity index (χ1n) is 9.03. The van der Waals surface area contributed by atoms with Gasteiger partial charge >= 0.3 is 0 Å². The van der Waals surface area contributed by atoms with Gasteiger partial charge in [0.1, 0.15) is 17.0 Å². The molecule has 3 aromatic rings. The zero-order valence-corrected chi connectivity index (χ0v) is 15.1. The quantitative estimate of drug-likeness (QED) is 0.675. The predicted octanol–water partition coefficient (Wildman–Crippen LogP) is 4.34. The third-order valence-corrected chi connectivity index (χ3v) is 4.79. The standard InChI is InChI=1S/C20H22FN3O3/c1-25-14-2-3-19(16(21)8-14)27-15-9-17(20-18(10-15)23-12-24-20)22-11-13-4-6-26-7-5-13/h2-3,8-10,12-13,22H,4-7,11H2,1H3,(H,23,24). The van der Waals surface area contributed by atoms with E-state index in [2.05, 4.69) is 15.3 Å². The summed E-state index contributed by atoms with van der Waals surface area (Å²) in [6.45, 7) is 2.46. The van der Waals surface area contributed by atoms with Crippen LogP contribution < -0.4 is 14.8 Å². The number of imidazole rings is 1. The van der Waals surface area contributed by atoms with Crippen molar-refractivity contribution in [1.29, 1.82) is 0 Å². The van der Waals surface area contributed by atoms with Crippen molar-refractivity contribution in [2.45, 2.75) is 12.8 Å². The Balaban J connectivity index is 1.56. The molecule has 0 spiro atoms. The van der Waals surface area contributed by atoms with Crippen LogP contribution in [0.5, 0.6) is 17.2 Å². The summed E-state index contributed by atoms with van der Waals surface area (Å²) in [5.41, 5.74) is 2.53. The Morgan fingerprint density at radius 3 is 2.85 bits per heavy atom. The number of benzene rings is 2. The molecule has 0 unspecified atom stereocenters. The molecule has 27 heavy (non-hydrogen) atoms. The number of anilines is 1. The van der Waals surface area contributed by atoms with Crippen LogP contribution in [0.2, 0.25) is 0 Å². The van der Waals surface area contributed by atoms with E-state index in [1.165, 1.54) is 13.2 Å².